The van der Waals surface area contributed by atoms with Crippen molar-refractivity contribution in [1.29, 1.82) is 0 Å². The van der Waals surface area contributed by atoms with Crippen LogP contribution in [0.2, 0.25) is 0 Å². The highest BCUT2D eigenvalue weighted by molar-refractivity contribution is 5.77. The van der Waals surface area contributed by atoms with E-state index in [1.165, 1.54) is 0 Å². The van der Waals surface area contributed by atoms with E-state index in [9.17, 15) is 4.79 Å². The van der Waals surface area contributed by atoms with Gasteiger partial charge in [0.15, 0.2) is 0 Å². The van der Waals surface area contributed by atoms with Gasteiger partial charge < -0.3 is 10.6 Å². The summed E-state index contributed by atoms with van der Waals surface area (Å²) in [5.41, 5.74) is 8.51. The molecule has 1 fully saturated rings. The molecule has 0 saturated carbocycles. The van der Waals surface area contributed by atoms with Gasteiger partial charge in [-0.05, 0) is 26.2 Å². The Morgan fingerprint density at radius 3 is 2.84 bits per heavy atom. The van der Waals surface area contributed by atoms with E-state index in [0.717, 1.165) is 30.5 Å². The van der Waals surface area contributed by atoms with Crippen LogP contribution in [-0.4, -0.2) is 33.2 Å². The Balaban J connectivity index is 2.43. The molecule has 19 heavy (non-hydrogen) atoms. The molecule has 1 aromatic rings. The molecule has 106 valence electrons. The topological polar surface area (TPSA) is 64.2 Å². The molecule has 2 unspecified atom stereocenters. The molecule has 2 rings (SSSR count). The predicted octanol–water partition coefficient (Wildman–Crippen LogP) is 1.38. The van der Waals surface area contributed by atoms with Crippen LogP contribution in [-0.2, 0) is 18.3 Å². The fourth-order valence-electron chi connectivity index (χ4n) is 3.02. The fourth-order valence-corrected chi connectivity index (χ4v) is 3.02. The monoisotopic (exact) mass is 264 g/mol. The maximum atomic E-state index is 12.2. The van der Waals surface area contributed by atoms with Gasteiger partial charge in [-0.3, -0.25) is 9.48 Å². The van der Waals surface area contributed by atoms with Crippen molar-refractivity contribution in [3.05, 3.63) is 17.5 Å². The van der Waals surface area contributed by atoms with E-state index in [1.807, 2.05) is 29.7 Å². The van der Waals surface area contributed by atoms with Crippen LogP contribution in [0, 0.1) is 0 Å². The van der Waals surface area contributed by atoms with Gasteiger partial charge in [-0.15, -0.1) is 0 Å². The fraction of sp³-hybridized carbons (Fsp3) is 0.714. The first kappa shape index (κ1) is 14.1. The quantitative estimate of drug-likeness (QED) is 0.897. The summed E-state index contributed by atoms with van der Waals surface area (Å²) in [7, 11) is 1.92. The normalized spacial score (nSPS) is 24.6. The summed E-state index contributed by atoms with van der Waals surface area (Å²) in [6, 6.07) is -0.0236. The summed E-state index contributed by atoms with van der Waals surface area (Å²) >= 11 is 0. The van der Waals surface area contributed by atoms with E-state index in [1.54, 1.807) is 0 Å². The zero-order chi connectivity index (χ0) is 14.0. The molecule has 2 atom stereocenters. The molecule has 2 heterocycles. The van der Waals surface area contributed by atoms with E-state index in [4.69, 9.17) is 5.73 Å². The highest BCUT2D eigenvalue weighted by Gasteiger charge is 2.34. The van der Waals surface area contributed by atoms with E-state index >= 15 is 0 Å². The Bertz CT molecular complexity index is 454. The Morgan fingerprint density at radius 2 is 2.21 bits per heavy atom. The van der Waals surface area contributed by atoms with E-state index in [-0.39, 0.29) is 18.0 Å². The molecule has 0 bridgehead atoms. The number of likely N-dealkylation sites (tertiary alicyclic amines) is 1. The predicted molar refractivity (Wildman–Crippen MR) is 74.5 cm³/mol. The summed E-state index contributed by atoms with van der Waals surface area (Å²) < 4.78 is 1.82. The third kappa shape index (κ3) is 2.66. The number of carbonyl (C=O) groups excluding carboxylic acids is 1. The summed E-state index contributed by atoms with van der Waals surface area (Å²) in [6.45, 7) is 4.81. The van der Waals surface area contributed by atoms with Gasteiger partial charge in [0.2, 0.25) is 5.91 Å². The smallest absolute Gasteiger partial charge is 0.223 e. The molecular weight excluding hydrogens is 240 g/mol. The molecule has 0 aliphatic carbocycles. The molecule has 5 heteroatoms. The lowest BCUT2D eigenvalue weighted by molar-refractivity contribution is -0.133. The Morgan fingerprint density at radius 1 is 1.47 bits per heavy atom. The molecular formula is C14H24N4O. The minimum Gasteiger partial charge on any atom is -0.334 e. The molecule has 0 spiro atoms. The molecule has 0 radical (unpaired) electrons. The van der Waals surface area contributed by atoms with Gasteiger partial charge >= 0.3 is 0 Å². The van der Waals surface area contributed by atoms with Crippen molar-refractivity contribution in [2.75, 3.05) is 6.54 Å². The number of carbonyl (C=O) groups is 1. The van der Waals surface area contributed by atoms with Crippen LogP contribution >= 0.6 is 0 Å². The third-order valence-corrected chi connectivity index (χ3v) is 3.92. The van der Waals surface area contributed by atoms with Crippen molar-refractivity contribution in [2.45, 2.75) is 51.6 Å². The van der Waals surface area contributed by atoms with Gasteiger partial charge in [-0.25, -0.2) is 0 Å². The first-order valence-corrected chi connectivity index (χ1v) is 7.15. The second kappa shape index (κ2) is 5.74. The lowest BCUT2D eigenvalue weighted by Crippen LogP contribution is -2.42. The molecule has 2 N–H and O–H groups in total. The minimum atomic E-state index is -0.0244. The highest BCUT2D eigenvalue weighted by atomic mass is 16.2. The summed E-state index contributed by atoms with van der Waals surface area (Å²) in [4.78, 5) is 14.1. The van der Waals surface area contributed by atoms with Gasteiger partial charge in [0.1, 0.15) is 0 Å². The number of likely N-dealkylation sites (N-methyl/N-ethyl adjacent to an activating group) is 1. The molecule has 0 aromatic carbocycles. The van der Waals surface area contributed by atoms with Crippen LogP contribution in [0.3, 0.4) is 0 Å². The number of aromatic nitrogens is 2. The number of hydrogen-bond acceptors (Lipinski definition) is 3. The Kier molecular flexibility index (Phi) is 4.24. The standard InChI is InChI=1S/C14H24N4O/c1-4-12-10(9-17(3)16-12)14-11(15)7-6-8-13(19)18(14)5-2/h9,11,14H,4-8,15H2,1-3H3. The van der Waals surface area contributed by atoms with Crippen molar-refractivity contribution in [3.63, 3.8) is 0 Å². The summed E-state index contributed by atoms with van der Waals surface area (Å²) in [6.07, 6.45) is 5.27. The van der Waals surface area contributed by atoms with Crippen LogP contribution < -0.4 is 5.73 Å². The van der Waals surface area contributed by atoms with Gasteiger partial charge in [-0.1, -0.05) is 6.92 Å². The first-order valence-electron chi connectivity index (χ1n) is 7.15. The molecule has 5 nitrogen and oxygen atoms in total. The van der Waals surface area contributed by atoms with Crippen molar-refractivity contribution in [2.24, 2.45) is 12.8 Å². The third-order valence-electron chi connectivity index (χ3n) is 3.92. The second-order valence-electron chi connectivity index (χ2n) is 5.24. The van der Waals surface area contributed by atoms with Crippen LogP contribution in [0.4, 0.5) is 0 Å². The first-order chi connectivity index (χ1) is 9.08. The van der Waals surface area contributed by atoms with E-state index in [2.05, 4.69) is 12.0 Å². The minimum absolute atomic E-state index is 0.000833. The number of amides is 1. The molecule has 1 saturated heterocycles. The van der Waals surface area contributed by atoms with Crippen molar-refractivity contribution < 1.29 is 4.79 Å². The number of rotatable bonds is 3. The largest absolute Gasteiger partial charge is 0.334 e. The number of aryl methyl sites for hydroxylation is 2. The molecule has 1 amide bonds. The van der Waals surface area contributed by atoms with Gasteiger partial charge in [-0.2, -0.15) is 5.10 Å². The maximum Gasteiger partial charge on any atom is 0.223 e. The SMILES string of the molecule is CCc1nn(C)cc1C1C(N)CCCC(=O)N1CC. The van der Waals surface area contributed by atoms with Gasteiger partial charge in [0.25, 0.3) is 0 Å². The van der Waals surface area contributed by atoms with Gasteiger partial charge in [0, 0.05) is 37.8 Å². The summed E-state index contributed by atoms with van der Waals surface area (Å²) in [5.74, 6) is 0.214. The molecule has 1 aliphatic heterocycles. The molecule has 1 aromatic heterocycles. The van der Waals surface area contributed by atoms with Crippen LogP contribution in [0.1, 0.15) is 50.4 Å². The zero-order valence-corrected chi connectivity index (χ0v) is 12.1. The lowest BCUT2D eigenvalue weighted by atomic mass is 9.96. The van der Waals surface area contributed by atoms with Crippen molar-refractivity contribution in [3.8, 4) is 0 Å². The zero-order valence-electron chi connectivity index (χ0n) is 12.1. The van der Waals surface area contributed by atoms with Crippen molar-refractivity contribution >= 4 is 5.91 Å². The summed E-state index contributed by atoms with van der Waals surface area (Å²) in [5, 5.41) is 4.49. The van der Waals surface area contributed by atoms with Crippen LogP contribution in [0.25, 0.3) is 0 Å². The van der Waals surface area contributed by atoms with Crippen LogP contribution in [0.15, 0.2) is 6.20 Å². The number of nitrogens with two attached hydrogens (primary N) is 1. The Labute approximate surface area is 114 Å². The average Bonchev–Trinajstić information content (AvgIpc) is 2.68. The number of nitrogens with zero attached hydrogens (tertiary/aromatic N) is 3. The lowest BCUT2D eigenvalue weighted by Gasteiger charge is -2.32. The van der Waals surface area contributed by atoms with Crippen LogP contribution in [0.5, 0.6) is 0 Å². The highest BCUT2D eigenvalue weighted by Crippen LogP contribution is 2.31. The second-order valence-corrected chi connectivity index (χ2v) is 5.24. The molecule has 1 aliphatic rings. The van der Waals surface area contributed by atoms with E-state index in [0.29, 0.717) is 13.0 Å². The Hall–Kier alpha value is -1.36. The van der Waals surface area contributed by atoms with E-state index < -0.39 is 0 Å². The average molecular weight is 264 g/mol. The van der Waals surface area contributed by atoms with Gasteiger partial charge in [0.05, 0.1) is 11.7 Å². The van der Waals surface area contributed by atoms with Crippen molar-refractivity contribution in [1.82, 2.24) is 14.7 Å². The number of hydrogen-bond donors (Lipinski definition) is 1. The maximum absolute atomic E-state index is 12.2.